The van der Waals surface area contributed by atoms with Crippen LogP contribution in [0.15, 0.2) is 12.4 Å². The van der Waals surface area contributed by atoms with Crippen LogP contribution in [0.1, 0.15) is 50.0 Å². The fourth-order valence-corrected chi connectivity index (χ4v) is 1.75. The van der Waals surface area contributed by atoms with Crippen molar-refractivity contribution in [3.05, 3.63) is 23.2 Å². The highest BCUT2D eigenvalue weighted by atomic mass is 35.5. The lowest BCUT2D eigenvalue weighted by molar-refractivity contribution is 0.0421. The van der Waals surface area contributed by atoms with Crippen LogP contribution >= 0.6 is 11.6 Å². The molecule has 1 heterocycles. The van der Waals surface area contributed by atoms with Gasteiger partial charge in [-0.15, -0.1) is 0 Å². The summed E-state index contributed by atoms with van der Waals surface area (Å²) in [5, 5.41) is 0.197. The Balaban J connectivity index is 2.44. The van der Waals surface area contributed by atoms with E-state index in [4.69, 9.17) is 16.3 Å². The maximum atomic E-state index is 11.7. The van der Waals surface area contributed by atoms with Gasteiger partial charge in [0.05, 0.1) is 19.0 Å². The minimum atomic E-state index is -0.458. The summed E-state index contributed by atoms with van der Waals surface area (Å²) in [5.41, 5.74) is 0.160. The third kappa shape index (κ3) is 5.00. The molecule has 0 fully saturated rings. The van der Waals surface area contributed by atoms with E-state index in [-0.39, 0.29) is 10.8 Å². The smallest absolute Gasteiger partial charge is 0.358 e. The van der Waals surface area contributed by atoms with Gasteiger partial charge in [0.1, 0.15) is 5.15 Å². The average molecular weight is 271 g/mol. The summed E-state index contributed by atoms with van der Waals surface area (Å²) in [7, 11) is 0. The zero-order valence-electron chi connectivity index (χ0n) is 10.9. The first-order valence-corrected chi connectivity index (χ1v) is 6.69. The van der Waals surface area contributed by atoms with Crippen LogP contribution in [0.5, 0.6) is 0 Å². The van der Waals surface area contributed by atoms with Crippen LogP contribution in [0.25, 0.3) is 0 Å². The van der Waals surface area contributed by atoms with Crippen LogP contribution < -0.4 is 0 Å². The van der Waals surface area contributed by atoms with Crippen LogP contribution in [0.4, 0.5) is 0 Å². The fraction of sp³-hybridized carbons (Fsp3) is 0.615. The Kier molecular flexibility index (Phi) is 6.65. The Morgan fingerprint density at radius 2 is 2.22 bits per heavy atom. The third-order valence-electron chi connectivity index (χ3n) is 2.81. The largest absolute Gasteiger partial charge is 0.461 e. The van der Waals surface area contributed by atoms with Gasteiger partial charge in [-0.3, -0.25) is 4.98 Å². The molecule has 1 unspecified atom stereocenters. The van der Waals surface area contributed by atoms with Crippen molar-refractivity contribution in [1.29, 1.82) is 0 Å². The molecule has 0 aliphatic rings. The van der Waals surface area contributed by atoms with Crippen LogP contribution in [0, 0.1) is 5.92 Å². The SMILES string of the molecule is CCCCC(CC)COC(=O)c1cncc(Cl)n1. The molecular formula is C13H19ClN2O2. The first kappa shape index (κ1) is 14.9. The molecule has 1 aromatic heterocycles. The number of ether oxygens (including phenoxy) is 1. The highest BCUT2D eigenvalue weighted by Gasteiger charge is 2.13. The number of rotatable bonds is 7. The molecule has 0 saturated carbocycles. The lowest BCUT2D eigenvalue weighted by atomic mass is 10.0. The van der Waals surface area contributed by atoms with Crippen molar-refractivity contribution in [3.63, 3.8) is 0 Å². The van der Waals surface area contributed by atoms with Gasteiger partial charge >= 0.3 is 5.97 Å². The zero-order valence-corrected chi connectivity index (χ0v) is 11.6. The molecule has 0 bridgehead atoms. The third-order valence-corrected chi connectivity index (χ3v) is 2.99. The molecule has 0 aliphatic carbocycles. The molecule has 0 spiro atoms. The molecule has 4 nitrogen and oxygen atoms in total. The van der Waals surface area contributed by atoms with Crippen molar-refractivity contribution >= 4 is 17.6 Å². The molecule has 0 aromatic carbocycles. The Hall–Kier alpha value is -1.16. The molecule has 0 amide bonds. The molecule has 1 atom stereocenters. The molecule has 0 radical (unpaired) electrons. The summed E-state index contributed by atoms with van der Waals surface area (Å²) in [6.07, 6.45) is 7.16. The number of carbonyl (C=O) groups excluding carboxylic acids is 1. The second-order valence-corrected chi connectivity index (χ2v) is 4.63. The summed E-state index contributed by atoms with van der Waals surface area (Å²) >= 11 is 5.67. The molecule has 0 aliphatic heterocycles. The fourth-order valence-electron chi connectivity index (χ4n) is 1.61. The number of aromatic nitrogens is 2. The predicted octanol–water partition coefficient (Wildman–Crippen LogP) is 3.50. The number of unbranched alkanes of at least 4 members (excludes halogenated alkanes) is 1. The number of halogens is 1. The molecule has 5 heteroatoms. The Labute approximate surface area is 113 Å². The van der Waals surface area contributed by atoms with Gasteiger partial charge in [-0.1, -0.05) is 44.7 Å². The van der Waals surface area contributed by atoms with Crippen molar-refractivity contribution < 1.29 is 9.53 Å². The van der Waals surface area contributed by atoms with Gasteiger partial charge in [-0.05, 0) is 12.3 Å². The summed E-state index contributed by atoms with van der Waals surface area (Å²) in [6, 6.07) is 0. The van der Waals surface area contributed by atoms with Gasteiger partial charge in [0.15, 0.2) is 5.69 Å². The van der Waals surface area contributed by atoms with Gasteiger partial charge in [-0.25, -0.2) is 9.78 Å². The maximum absolute atomic E-state index is 11.7. The topological polar surface area (TPSA) is 52.1 Å². The Morgan fingerprint density at radius 1 is 1.44 bits per heavy atom. The van der Waals surface area contributed by atoms with Crippen molar-refractivity contribution in [2.24, 2.45) is 5.92 Å². The number of hydrogen-bond acceptors (Lipinski definition) is 4. The van der Waals surface area contributed by atoms with E-state index in [9.17, 15) is 4.79 Å². The standard InChI is InChI=1S/C13H19ClN2O2/c1-3-5-6-10(4-2)9-18-13(17)11-7-15-8-12(14)16-11/h7-8,10H,3-6,9H2,1-2H3. The zero-order chi connectivity index (χ0) is 13.4. The first-order valence-electron chi connectivity index (χ1n) is 6.32. The lowest BCUT2D eigenvalue weighted by Gasteiger charge is -2.14. The van der Waals surface area contributed by atoms with Crippen LogP contribution in [-0.4, -0.2) is 22.5 Å². The van der Waals surface area contributed by atoms with E-state index >= 15 is 0 Å². The van der Waals surface area contributed by atoms with Crippen LogP contribution in [0.3, 0.4) is 0 Å². The number of hydrogen-bond donors (Lipinski definition) is 0. The molecule has 18 heavy (non-hydrogen) atoms. The average Bonchev–Trinajstić information content (AvgIpc) is 2.38. The summed E-state index contributed by atoms with van der Waals surface area (Å²) in [4.78, 5) is 19.4. The van der Waals surface area contributed by atoms with Crippen molar-refractivity contribution in [3.8, 4) is 0 Å². The maximum Gasteiger partial charge on any atom is 0.358 e. The van der Waals surface area contributed by atoms with Gasteiger partial charge in [0, 0.05) is 0 Å². The first-order chi connectivity index (χ1) is 8.67. The molecule has 1 rings (SSSR count). The van der Waals surface area contributed by atoms with Gasteiger partial charge in [0.25, 0.3) is 0 Å². The van der Waals surface area contributed by atoms with E-state index in [1.807, 2.05) is 0 Å². The minimum Gasteiger partial charge on any atom is -0.461 e. The minimum absolute atomic E-state index is 0.160. The number of esters is 1. The van der Waals surface area contributed by atoms with Gasteiger partial charge in [-0.2, -0.15) is 0 Å². The molecule has 0 N–H and O–H groups in total. The van der Waals surface area contributed by atoms with E-state index in [2.05, 4.69) is 23.8 Å². The summed E-state index contributed by atoms with van der Waals surface area (Å²) in [5.74, 6) is -0.0407. The Morgan fingerprint density at radius 3 is 2.83 bits per heavy atom. The highest BCUT2D eigenvalue weighted by Crippen LogP contribution is 2.13. The van der Waals surface area contributed by atoms with Crippen molar-refractivity contribution in [2.75, 3.05) is 6.61 Å². The van der Waals surface area contributed by atoms with E-state index in [1.165, 1.54) is 12.4 Å². The second kappa shape index (κ2) is 8.03. The van der Waals surface area contributed by atoms with Crippen molar-refractivity contribution in [2.45, 2.75) is 39.5 Å². The number of carbonyl (C=O) groups is 1. The van der Waals surface area contributed by atoms with Crippen LogP contribution in [-0.2, 0) is 4.74 Å². The number of nitrogens with zero attached hydrogens (tertiary/aromatic N) is 2. The van der Waals surface area contributed by atoms with E-state index in [0.717, 1.165) is 25.7 Å². The quantitative estimate of drug-likeness (QED) is 0.712. The molecule has 100 valence electrons. The van der Waals surface area contributed by atoms with Crippen molar-refractivity contribution in [1.82, 2.24) is 9.97 Å². The molecular weight excluding hydrogens is 252 g/mol. The second-order valence-electron chi connectivity index (χ2n) is 4.24. The summed E-state index contributed by atoms with van der Waals surface area (Å²) in [6.45, 7) is 4.69. The molecule has 0 saturated heterocycles. The van der Waals surface area contributed by atoms with E-state index < -0.39 is 5.97 Å². The summed E-state index contributed by atoms with van der Waals surface area (Å²) < 4.78 is 5.23. The monoisotopic (exact) mass is 270 g/mol. The normalized spacial score (nSPS) is 12.2. The van der Waals surface area contributed by atoms with E-state index in [1.54, 1.807) is 0 Å². The lowest BCUT2D eigenvalue weighted by Crippen LogP contribution is -2.15. The predicted molar refractivity (Wildman–Crippen MR) is 70.6 cm³/mol. The highest BCUT2D eigenvalue weighted by molar-refractivity contribution is 6.29. The van der Waals surface area contributed by atoms with Crippen LogP contribution in [0.2, 0.25) is 5.15 Å². The van der Waals surface area contributed by atoms with Gasteiger partial charge in [0.2, 0.25) is 0 Å². The molecule has 1 aromatic rings. The van der Waals surface area contributed by atoms with Gasteiger partial charge < -0.3 is 4.74 Å². The Bertz CT molecular complexity index is 385. The van der Waals surface area contributed by atoms with E-state index in [0.29, 0.717) is 12.5 Å².